The van der Waals surface area contributed by atoms with Gasteiger partial charge < -0.3 is 24.8 Å². The molecule has 1 N–H and O–H groups in total. The summed E-state index contributed by atoms with van der Waals surface area (Å²) in [4.78, 5) is 54.3. The number of likely N-dealkylation sites (tertiary alicyclic amines) is 1. The van der Waals surface area contributed by atoms with Crippen LogP contribution in [-0.4, -0.2) is 64.6 Å². The van der Waals surface area contributed by atoms with E-state index in [0.717, 1.165) is 59.6 Å². The third-order valence-corrected chi connectivity index (χ3v) is 13.9. The van der Waals surface area contributed by atoms with E-state index < -0.39 is 28.1 Å². The van der Waals surface area contributed by atoms with Crippen molar-refractivity contribution in [2.75, 3.05) is 36.0 Å². The van der Waals surface area contributed by atoms with Crippen molar-refractivity contribution in [3.8, 4) is 22.3 Å². The lowest BCUT2D eigenvalue weighted by molar-refractivity contribution is -0.145. The number of pyridine rings is 2. The van der Waals surface area contributed by atoms with Gasteiger partial charge in [-0.25, -0.2) is 13.6 Å². The van der Waals surface area contributed by atoms with Crippen molar-refractivity contribution < 1.29 is 27.9 Å². The molecular weight excluding hydrogens is 894 g/mol. The molecule has 4 aromatic carbocycles. The van der Waals surface area contributed by atoms with Crippen molar-refractivity contribution in [1.82, 2.24) is 20.2 Å². The van der Waals surface area contributed by atoms with E-state index in [1.807, 2.05) is 118 Å². The van der Waals surface area contributed by atoms with E-state index in [-0.39, 0.29) is 40.0 Å². The van der Waals surface area contributed by atoms with E-state index in [0.29, 0.717) is 37.3 Å². The molecule has 10 nitrogen and oxygen atoms in total. The topological polar surface area (TPSA) is 108 Å². The molecular formula is C53H50Cl2F2N6O4. The summed E-state index contributed by atoms with van der Waals surface area (Å²) >= 11 is 12.1. The Labute approximate surface area is 398 Å². The monoisotopic (exact) mass is 942 g/mol. The molecule has 14 heteroatoms. The number of piperidine rings is 2. The molecule has 4 aliphatic rings. The van der Waals surface area contributed by atoms with E-state index in [2.05, 4.69) is 5.32 Å². The third-order valence-electron chi connectivity index (χ3n) is 13.4. The first-order valence-corrected chi connectivity index (χ1v) is 23.2. The molecule has 344 valence electrons. The molecule has 0 saturated carbocycles. The Bertz CT molecular complexity index is 2780. The Morgan fingerprint density at radius 3 is 1.45 bits per heavy atom. The fourth-order valence-electron chi connectivity index (χ4n) is 9.94. The fraction of sp³-hybridized carbons (Fsp3) is 0.302. The molecule has 6 aromatic rings. The van der Waals surface area contributed by atoms with Crippen molar-refractivity contribution in [3.05, 3.63) is 167 Å². The Morgan fingerprint density at radius 2 is 1.06 bits per heavy atom. The molecule has 4 saturated heterocycles. The number of nitrogens with zero attached hydrogens (tertiary/aromatic N) is 5. The molecule has 67 heavy (non-hydrogen) atoms. The molecule has 2 atom stereocenters. The number of β-lactam (4-membered cyclic amide) rings is 2. The van der Waals surface area contributed by atoms with Gasteiger partial charge >= 0.3 is 6.09 Å². The minimum Gasteiger partial charge on any atom is -0.444 e. The zero-order valence-corrected chi connectivity index (χ0v) is 38.9. The molecule has 0 radical (unpaired) electrons. The van der Waals surface area contributed by atoms with E-state index in [4.69, 9.17) is 37.9 Å². The van der Waals surface area contributed by atoms with Crippen LogP contribution < -0.4 is 15.1 Å². The van der Waals surface area contributed by atoms with Crippen molar-refractivity contribution in [2.45, 2.75) is 64.1 Å². The highest BCUT2D eigenvalue weighted by molar-refractivity contribution is 6.31. The number of carbonyl (C=O) groups excluding carboxylic acids is 3. The maximum atomic E-state index is 13.9. The number of aromatic nitrogens is 2. The number of ether oxygens (including phenoxy) is 1. The summed E-state index contributed by atoms with van der Waals surface area (Å²) in [6.07, 6.45) is 5.75. The van der Waals surface area contributed by atoms with Crippen molar-refractivity contribution >= 4 is 52.5 Å². The number of amides is 3. The van der Waals surface area contributed by atoms with Crippen molar-refractivity contribution in [2.24, 2.45) is 10.8 Å². The van der Waals surface area contributed by atoms with Gasteiger partial charge in [0.15, 0.2) is 0 Å². The van der Waals surface area contributed by atoms with Gasteiger partial charge in [-0.15, -0.1) is 0 Å². The van der Waals surface area contributed by atoms with E-state index >= 15 is 0 Å². The Kier molecular flexibility index (Phi) is 12.7. The lowest BCUT2D eigenvalue weighted by Crippen LogP contribution is -2.67. The first-order valence-electron chi connectivity index (χ1n) is 22.5. The standard InChI is InChI=1S/C29H29ClFN3O3.C24H21ClFN3O/c1-28(2,3)37-27(36)33-15-13-29(14-16-33)25(34(26(29)35)21-10-11-23(31)22(30)17-21)24-12-9-20(18-32-24)19-7-5-4-6-8-19;25-19-14-18(7-8-20(19)26)29-22(24(23(29)30)10-12-27-13-11-24)21-9-6-17(15-28-21)16-4-2-1-3-5-16/h4-12,17-18,25H,13-16H2,1-3H3;1-9,14-15,22,27H,10-13H2. The Hall–Kier alpha value is -6.21. The van der Waals surface area contributed by atoms with E-state index in [1.54, 1.807) is 26.8 Å². The predicted molar refractivity (Wildman–Crippen MR) is 257 cm³/mol. The van der Waals surface area contributed by atoms with Crippen LogP contribution in [0.2, 0.25) is 10.0 Å². The maximum absolute atomic E-state index is 13.9. The molecule has 2 unspecified atom stereocenters. The average Bonchev–Trinajstić information content (AvgIpc) is 3.34. The Balaban J connectivity index is 0.000000171. The van der Waals surface area contributed by atoms with E-state index in [1.165, 1.54) is 24.3 Å². The van der Waals surface area contributed by atoms with Gasteiger partial charge in [-0.2, -0.15) is 0 Å². The fourth-order valence-corrected chi connectivity index (χ4v) is 10.3. The van der Waals surface area contributed by atoms with Gasteiger partial charge in [-0.05, 0) is 119 Å². The highest BCUT2D eigenvalue weighted by atomic mass is 35.5. The molecule has 2 aromatic heterocycles. The molecule has 4 fully saturated rings. The van der Waals surface area contributed by atoms with Crippen LogP contribution in [0.3, 0.4) is 0 Å². The minimum atomic E-state index is -0.722. The quantitative estimate of drug-likeness (QED) is 0.166. The molecule has 2 spiro atoms. The number of nitrogens with one attached hydrogen (secondary N) is 1. The van der Waals surface area contributed by atoms with Gasteiger partial charge in [-0.1, -0.05) is 96.0 Å². The smallest absolute Gasteiger partial charge is 0.410 e. The van der Waals surface area contributed by atoms with Crippen LogP contribution in [0, 0.1) is 22.5 Å². The lowest BCUT2D eigenvalue weighted by Gasteiger charge is -2.58. The van der Waals surface area contributed by atoms with Gasteiger partial charge in [0.05, 0.1) is 44.3 Å². The van der Waals surface area contributed by atoms with Gasteiger partial charge in [-0.3, -0.25) is 19.6 Å². The second-order valence-corrected chi connectivity index (χ2v) is 19.4. The van der Waals surface area contributed by atoms with Crippen LogP contribution in [0.5, 0.6) is 0 Å². The summed E-state index contributed by atoms with van der Waals surface area (Å²) in [6.45, 7) is 7.88. The summed E-state index contributed by atoms with van der Waals surface area (Å²) in [5.41, 5.74) is 5.07. The molecule has 10 rings (SSSR count). The first kappa shape index (κ1) is 45.9. The average molecular weight is 944 g/mol. The highest BCUT2D eigenvalue weighted by Crippen LogP contribution is 2.58. The van der Waals surface area contributed by atoms with Gasteiger partial charge in [0.25, 0.3) is 0 Å². The van der Waals surface area contributed by atoms with Crippen LogP contribution in [-0.2, 0) is 14.3 Å². The Morgan fingerprint density at radius 1 is 0.627 bits per heavy atom. The van der Waals surface area contributed by atoms with Crippen LogP contribution in [0.25, 0.3) is 22.3 Å². The number of hydrogen-bond acceptors (Lipinski definition) is 7. The number of anilines is 2. The number of rotatable bonds is 6. The van der Waals surface area contributed by atoms with E-state index in [9.17, 15) is 23.2 Å². The van der Waals surface area contributed by atoms with Crippen LogP contribution in [0.1, 0.15) is 69.9 Å². The number of halogens is 4. The summed E-state index contributed by atoms with van der Waals surface area (Å²) < 4.78 is 33.1. The second-order valence-electron chi connectivity index (χ2n) is 18.6. The molecule has 0 aliphatic carbocycles. The lowest BCUT2D eigenvalue weighted by atomic mass is 9.63. The molecule has 3 amide bonds. The summed E-state index contributed by atoms with van der Waals surface area (Å²) in [5.74, 6) is -1.05. The first-order chi connectivity index (χ1) is 32.2. The minimum absolute atomic E-state index is 0.0118. The highest BCUT2D eigenvalue weighted by Gasteiger charge is 2.64. The number of carbonyl (C=O) groups is 3. The zero-order valence-electron chi connectivity index (χ0n) is 37.4. The summed E-state index contributed by atoms with van der Waals surface area (Å²) in [7, 11) is 0. The van der Waals surface area contributed by atoms with Gasteiger partial charge in [0.1, 0.15) is 17.2 Å². The predicted octanol–water partition coefficient (Wildman–Crippen LogP) is 11.6. The largest absolute Gasteiger partial charge is 0.444 e. The van der Waals surface area contributed by atoms with Gasteiger partial charge in [0, 0.05) is 48.0 Å². The SMILES string of the molecule is CC(C)(C)OC(=O)N1CCC2(CC1)C(=O)N(c1ccc(F)c(Cl)c1)C2c1ccc(-c2ccccc2)cn1.O=C1N(c2ccc(F)c(Cl)c2)C(c2ccc(-c3ccccc3)cn2)C12CCNCC2. The maximum Gasteiger partial charge on any atom is 0.410 e. The van der Waals surface area contributed by atoms with Crippen molar-refractivity contribution in [3.63, 3.8) is 0 Å². The third kappa shape index (κ3) is 8.78. The molecule has 0 bridgehead atoms. The van der Waals surface area contributed by atoms with Crippen LogP contribution in [0.4, 0.5) is 25.0 Å². The van der Waals surface area contributed by atoms with Crippen LogP contribution >= 0.6 is 23.2 Å². The summed E-state index contributed by atoms with van der Waals surface area (Å²) in [5, 5.41) is 3.31. The number of hydrogen-bond donors (Lipinski definition) is 1. The number of benzene rings is 4. The summed E-state index contributed by atoms with van der Waals surface area (Å²) in [6, 6.07) is 36.2. The van der Waals surface area contributed by atoms with Crippen LogP contribution in [0.15, 0.2) is 134 Å². The molecule has 4 aliphatic heterocycles. The normalized spacial score (nSPS) is 19.6. The molecule has 6 heterocycles. The zero-order chi connectivity index (χ0) is 47.1. The second kappa shape index (κ2) is 18.5. The van der Waals surface area contributed by atoms with Crippen molar-refractivity contribution in [1.29, 1.82) is 0 Å². The van der Waals surface area contributed by atoms with Gasteiger partial charge in [0.2, 0.25) is 11.8 Å².